The van der Waals surface area contributed by atoms with Crippen LogP contribution in [0.15, 0.2) is 36.4 Å². The second kappa shape index (κ2) is 9.57. The van der Waals surface area contributed by atoms with Crippen molar-refractivity contribution in [1.29, 1.82) is 0 Å². The summed E-state index contributed by atoms with van der Waals surface area (Å²) >= 11 is 0. The fraction of sp³-hybridized carbons (Fsp3) is 0.391. The van der Waals surface area contributed by atoms with Crippen LogP contribution in [0.2, 0.25) is 0 Å². The predicted molar refractivity (Wildman–Crippen MR) is 112 cm³/mol. The van der Waals surface area contributed by atoms with Crippen molar-refractivity contribution in [2.24, 2.45) is 0 Å². The monoisotopic (exact) mass is 432 g/mol. The molecule has 2 aromatic rings. The van der Waals surface area contributed by atoms with E-state index in [1.807, 2.05) is 0 Å². The fourth-order valence-electron chi connectivity index (χ4n) is 2.97. The Morgan fingerprint density at radius 1 is 0.806 bits per heavy atom. The van der Waals surface area contributed by atoms with Gasteiger partial charge in [-0.2, -0.15) is 0 Å². The van der Waals surface area contributed by atoms with Crippen molar-refractivity contribution in [1.82, 2.24) is 0 Å². The molecule has 168 valence electrons. The molecule has 0 radical (unpaired) electrons. The molecule has 0 saturated carbocycles. The SMILES string of the molecule is CC(=O)OCc1ccc(C(C)(C)OO)cc1-c1cc(C(C)(C)OO)ccc1OC(C)=O. The molecule has 0 heterocycles. The van der Waals surface area contributed by atoms with Crippen molar-refractivity contribution in [3.05, 3.63) is 53.1 Å². The maximum absolute atomic E-state index is 11.7. The van der Waals surface area contributed by atoms with Crippen molar-refractivity contribution in [3.63, 3.8) is 0 Å². The van der Waals surface area contributed by atoms with E-state index in [9.17, 15) is 20.1 Å². The molecule has 0 aliphatic carbocycles. The van der Waals surface area contributed by atoms with Gasteiger partial charge in [0.15, 0.2) is 0 Å². The van der Waals surface area contributed by atoms with E-state index in [0.717, 1.165) is 0 Å². The number of benzene rings is 2. The summed E-state index contributed by atoms with van der Waals surface area (Å²) in [6, 6.07) is 10.2. The first-order valence-corrected chi connectivity index (χ1v) is 9.66. The molecule has 0 amide bonds. The van der Waals surface area contributed by atoms with E-state index in [0.29, 0.717) is 27.8 Å². The maximum Gasteiger partial charge on any atom is 0.308 e. The number of hydrogen-bond donors (Lipinski definition) is 2. The van der Waals surface area contributed by atoms with Crippen LogP contribution in [0, 0.1) is 0 Å². The molecule has 2 N–H and O–H groups in total. The smallest absolute Gasteiger partial charge is 0.308 e. The van der Waals surface area contributed by atoms with Gasteiger partial charge in [-0.1, -0.05) is 18.2 Å². The van der Waals surface area contributed by atoms with Gasteiger partial charge in [-0.15, -0.1) is 0 Å². The largest absolute Gasteiger partial charge is 0.461 e. The summed E-state index contributed by atoms with van der Waals surface area (Å²) in [5.41, 5.74) is 0.926. The van der Waals surface area contributed by atoms with E-state index < -0.39 is 23.1 Å². The number of ether oxygens (including phenoxy) is 2. The Kier molecular flexibility index (Phi) is 7.56. The molecule has 31 heavy (non-hydrogen) atoms. The van der Waals surface area contributed by atoms with E-state index in [2.05, 4.69) is 9.78 Å². The number of carbonyl (C=O) groups is 2. The molecule has 0 aliphatic rings. The van der Waals surface area contributed by atoms with E-state index in [4.69, 9.17) is 9.47 Å². The fourth-order valence-corrected chi connectivity index (χ4v) is 2.97. The standard InChI is InChI=1S/C23H28O8/c1-14(24)28-13-16-7-8-17(22(3,4)30-26)11-19(16)20-12-18(23(5,6)31-27)9-10-21(20)29-15(2)25/h7-12,26-27H,13H2,1-6H3. The normalized spacial score (nSPS) is 11.9. The van der Waals surface area contributed by atoms with Gasteiger partial charge in [0.25, 0.3) is 0 Å². The second-order valence-electron chi connectivity index (χ2n) is 8.16. The molecule has 0 aliphatic heterocycles. The molecule has 0 aromatic heterocycles. The molecule has 0 saturated heterocycles. The zero-order valence-electron chi connectivity index (χ0n) is 18.5. The van der Waals surface area contributed by atoms with Crippen LogP contribution in [0.5, 0.6) is 5.75 Å². The van der Waals surface area contributed by atoms with Gasteiger partial charge in [0, 0.05) is 19.4 Å². The lowest BCUT2D eigenvalue weighted by molar-refractivity contribution is -0.318. The van der Waals surface area contributed by atoms with Gasteiger partial charge in [0.05, 0.1) is 0 Å². The van der Waals surface area contributed by atoms with E-state index in [1.165, 1.54) is 13.8 Å². The molecule has 2 aromatic carbocycles. The summed E-state index contributed by atoms with van der Waals surface area (Å²) in [4.78, 5) is 32.3. The highest BCUT2D eigenvalue weighted by molar-refractivity contribution is 5.79. The van der Waals surface area contributed by atoms with Crippen LogP contribution in [-0.2, 0) is 41.9 Å². The third kappa shape index (κ3) is 5.89. The van der Waals surface area contributed by atoms with Gasteiger partial charge in [-0.3, -0.25) is 20.1 Å². The molecular formula is C23H28O8. The van der Waals surface area contributed by atoms with Gasteiger partial charge in [-0.25, -0.2) is 9.78 Å². The summed E-state index contributed by atoms with van der Waals surface area (Å²) in [7, 11) is 0. The van der Waals surface area contributed by atoms with Crippen molar-refractivity contribution in [3.8, 4) is 16.9 Å². The maximum atomic E-state index is 11.7. The minimum Gasteiger partial charge on any atom is -0.461 e. The summed E-state index contributed by atoms with van der Waals surface area (Å²) in [5, 5.41) is 18.6. The zero-order chi connectivity index (χ0) is 23.4. The third-order valence-electron chi connectivity index (χ3n) is 4.91. The van der Waals surface area contributed by atoms with Crippen LogP contribution in [-0.4, -0.2) is 22.5 Å². The van der Waals surface area contributed by atoms with Crippen molar-refractivity contribution in [2.45, 2.75) is 59.4 Å². The lowest BCUT2D eigenvalue weighted by Crippen LogP contribution is -2.21. The molecular weight excluding hydrogens is 404 g/mol. The molecule has 0 fully saturated rings. The summed E-state index contributed by atoms with van der Waals surface area (Å²) < 4.78 is 10.6. The van der Waals surface area contributed by atoms with Crippen molar-refractivity contribution < 1.29 is 39.4 Å². The van der Waals surface area contributed by atoms with Crippen LogP contribution in [0.3, 0.4) is 0 Å². The molecule has 0 bridgehead atoms. The summed E-state index contributed by atoms with van der Waals surface area (Å²) in [5.74, 6) is -0.685. The number of hydrogen-bond acceptors (Lipinski definition) is 8. The molecule has 0 atom stereocenters. The first-order valence-electron chi connectivity index (χ1n) is 9.66. The van der Waals surface area contributed by atoms with Crippen LogP contribution in [0.4, 0.5) is 0 Å². The minimum absolute atomic E-state index is 0.0189. The zero-order valence-corrected chi connectivity index (χ0v) is 18.5. The molecule has 0 unspecified atom stereocenters. The van der Waals surface area contributed by atoms with Crippen molar-refractivity contribution >= 4 is 11.9 Å². The topological polar surface area (TPSA) is 112 Å². The third-order valence-corrected chi connectivity index (χ3v) is 4.91. The molecule has 8 nitrogen and oxygen atoms in total. The number of carbonyl (C=O) groups excluding carboxylic acids is 2. The Hall–Kier alpha value is -2.78. The van der Waals surface area contributed by atoms with Crippen LogP contribution < -0.4 is 4.74 Å². The molecule has 8 heteroatoms. The highest BCUT2D eigenvalue weighted by Gasteiger charge is 2.27. The molecule has 0 spiro atoms. The molecule has 2 rings (SSSR count). The Bertz CT molecular complexity index is 962. The number of esters is 2. The van der Waals surface area contributed by atoms with Gasteiger partial charge < -0.3 is 9.47 Å². The van der Waals surface area contributed by atoms with Gasteiger partial charge in [0.2, 0.25) is 0 Å². The lowest BCUT2D eigenvalue weighted by atomic mass is 9.88. The number of rotatable bonds is 8. The van der Waals surface area contributed by atoms with Gasteiger partial charge in [0.1, 0.15) is 23.6 Å². The highest BCUT2D eigenvalue weighted by atomic mass is 17.1. The lowest BCUT2D eigenvalue weighted by Gasteiger charge is -2.25. The second-order valence-corrected chi connectivity index (χ2v) is 8.16. The first kappa shape index (κ1) is 24.5. The summed E-state index contributed by atoms with van der Waals surface area (Å²) in [6.07, 6.45) is 0. The first-order chi connectivity index (χ1) is 14.4. The van der Waals surface area contributed by atoms with E-state index >= 15 is 0 Å². The van der Waals surface area contributed by atoms with Gasteiger partial charge in [-0.05, 0) is 68.1 Å². The van der Waals surface area contributed by atoms with Crippen molar-refractivity contribution in [2.75, 3.05) is 0 Å². The Labute approximate surface area is 181 Å². The Morgan fingerprint density at radius 3 is 1.81 bits per heavy atom. The average molecular weight is 432 g/mol. The van der Waals surface area contributed by atoms with Crippen LogP contribution in [0.25, 0.3) is 11.1 Å². The highest BCUT2D eigenvalue weighted by Crippen LogP contribution is 2.39. The predicted octanol–water partition coefficient (Wildman–Crippen LogP) is 4.79. The average Bonchev–Trinajstić information content (AvgIpc) is 2.71. The van der Waals surface area contributed by atoms with E-state index in [1.54, 1.807) is 64.1 Å². The van der Waals surface area contributed by atoms with Gasteiger partial charge >= 0.3 is 11.9 Å². The summed E-state index contributed by atoms with van der Waals surface area (Å²) in [6.45, 7) is 9.30. The quantitative estimate of drug-likeness (QED) is 0.265. The minimum atomic E-state index is -1.04. The van der Waals surface area contributed by atoms with Crippen LogP contribution in [0.1, 0.15) is 58.2 Å². The van der Waals surface area contributed by atoms with E-state index in [-0.39, 0.29) is 12.4 Å². The van der Waals surface area contributed by atoms with Crippen LogP contribution >= 0.6 is 0 Å². The Morgan fingerprint density at radius 2 is 1.32 bits per heavy atom. The Balaban J connectivity index is 2.79.